The normalized spacial score (nSPS) is 12.6. The number of benzene rings is 1. The Kier molecular flexibility index (Phi) is 4.16. The molecule has 0 aliphatic heterocycles. The quantitative estimate of drug-likeness (QED) is 0.903. The molecule has 0 amide bonds. The summed E-state index contributed by atoms with van der Waals surface area (Å²) in [6.07, 6.45) is -4.26. The van der Waals surface area contributed by atoms with Crippen molar-refractivity contribution in [2.45, 2.75) is 38.4 Å². The molecule has 0 fully saturated rings. The van der Waals surface area contributed by atoms with Gasteiger partial charge < -0.3 is 5.73 Å². The number of rotatable bonds is 4. The van der Waals surface area contributed by atoms with Crippen LogP contribution < -0.4 is 5.73 Å². The highest BCUT2D eigenvalue weighted by atomic mass is 19.4. The SMILES string of the molecule is CC(C)(N)CC(=O)Cc1cccc(C(F)(F)F)c1. The lowest BCUT2D eigenvalue weighted by Gasteiger charge is -2.17. The molecule has 1 aromatic rings. The average molecular weight is 259 g/mol. The fraction of sp³-hybridized carbons (Fsp3) is 0.462. The third-order valence-corrected chi connectivity index (χ3v) is 2.31. The molecule has 0 spiro atoms. The molecule has 2 N–H and O–H groups in total. The van der Waals surface area contributed by atoms with Gasteiger partial charge in [-0.15, -0.1) is 0 Å². The number of ketones is 1. The van der Waals surface area contributed by atoms with Crippen molar-refractivity contribution < 1.29 is 18.0 Å². The molecule has 0 aliphatic carbocycles. The molecule has 0 aliphatic rings. The van der Waals surface area contributed by atoms with E-state index in [4.69, 9.17) is 5.73 Å². The number of alkyl halides is 3. The summed E-state index contributed by atoms with van der Waals surface area (Å²) in [5.74, 6) is -0.165. The molecule has 2 nitrogen and oxygen atoms in total. The topological polar surface area (TPSA) is 43.1 Å². The van der Waals surface area contributed by atoms with Gasteiger partial charge in [-0.05, 0) is 25.5 Å². The van der Waals surface area contributed by atoms with Gasteiger partial charge in [0.15, 0.2) is 0 Å². The number of hydrogen-bond donors (Lipinski definition) is 1. The molecule has 100 valence electrons. The van der Waals surface area contributed by atoms with Gasteiger partial charge in [0.2, 0.25) is 0 Å². The first kappa shape index (κ1) is 14.7. The molecule has 5 heteroatoms. The van der Waals surface area contributed by atoms with E-state index >= 15 is 0 Å². The van der Waals surface area contributed by atoms with Crippen LogP contribution in [0.2, 0.25) is 0 Å². The molecule has 0 saturated heterocycles. The zero-order valence-corrected chi connectivity index (χ0v) is 10.3. The molecule has 0 saturated carbocycles. The fourth-order valence-corrected chi connectivity index (χ4v) is 1.66. The monoisotopic (exact) mass is 259 g/mol. The third-order valence-electron chi connectivity index (χ3n) is 2.31. The minimum atomic E-state index is -4.38. The molecule has 0 radical (unpaired) electrons. The highest BCUT2D eigenvalue weighted by Gasteiger charge is 2.30. The highest BCUT2D eigenvalue weighted by molar-refractivity contribution is 5.81. The first-order valence-corrected chi connectivity index (χ1v) is 5.55. The van der Waals surface area contributed by atoms with E-state index in [1.54, 1.807) is 13.8 Å². The van der Waals surface area contributed by atoms with Crippen molar-refractivity contribution in [1.82, 2.24) is 0 Å². The van der Waals surface area contributed by atoms with Gasteiger partial charge in [-0.25, -0.2) is 0 Å². The molecule has 0 bridgehead atoms. The van der Waals surface area contributed by atoms with E-state index in [1.807, 2.05) is 0 Å². The van der Waals surface area contributed by atoms with Gasteiger partial charge in [0, 0.05) is 18.4 Å². The van der Waals surface area contributed by atoms with Crippen LogP contribution in [-0.4, -0.2) is 11.3 Å². The van der Waals surface area contributed by atoms with Crippen LogP contribution in [0.15, 0.2) is 24.3 Å². The van der Waals surface area contributed by atoms with Crippen LogP contribution in [0.3, 0.4) is 0 Å². The molecule has 0 heterocycles. The second-order valence-electron chi connectivity index (χ2n) is 5.08. The maximum absolute atomic E-state index is 12.5. The first-order valence-electron chi connectivity index (χ1n) is 5.55. The van der Waals surface area contributed by atoms with Crippen LogP contribution in [-0.2, 0) is 17.4 Å². The maximum Gasteiger partial charge on any atom is 0.416 e. The van der Waals surface area contributed by atoms with Crippen LogP contribution in [0.5, 0.6) is 0 Å². The predicted molar refractivity (Wildman–Crippen MR) is 63.0 cm³/mol. The lowest BCUT2D eigenvalue weighted by Crippen LogP contribution is -2.35. The third kappa shape index (κ3) is 4.87. The second-order valence-corrected chi connectivity index (χ2v) is 5.08. The lowest BCUT2D eigenvalue weighted by molar-refractivity contribution is -0.137. The zero-order chi connectivity index (χ0) is 14.0. The fourth-order valence-electron chi connectivity index (χ4n) is 1.66. The smallest absolute Gasteiger partial charge is 0.325 e. The molecule has 0 aromatic heterocycles. The van der Waals surface area contributed by atoms with E-state index in [0.29, 0.717) is 5.56 Å². The molecule has 1 aromatic carbocycles. The van der Waals surface area contributed by atoms with E-state index in [-0.39, 0.29) is 18.6 Å². The van der Waals surface area contributed by atoms with Crippen molar-refractivity contribution in [2.24, 2.45) is 5.73 Å². The lowest BCUT2D eigenvalue weighted by atomic mass is 9.95. The van der Waals surface area contributed by atoms with Gasteiger partial charge >= 0.3 is 6.18 Å². The van der Waals surface area contributed by atoms with Crippen molar-refractivity contribution in [3.63, 3.8) is 0 Å². The van der Waals surface area contributed by atoms with Crippen molar-refractivity contribution in [1.29, 1.82) is 0 Å². The minimum absolute atomic E-state index is 0.0233. The molecule has 18 heavy (non-hydrogen) atoms. The van der Waals surface area contributed by atoms with Crippen molar-refractivity contribution >= 4 is 5.78 Å². The molecule has 0 unspecified atom stereocenters. The molecule has 0 atom stereocenters. The van der Waals surface area contributed by atoms with Crippen LogP contribution in [0, 0.1) is 0 Å². The van der Waals surface area contributed by atoms with E-state index < -0.39 is 17.3 Å². The van der Waals surface area contributed by atoms with Gasteiger partial charge in [0.1, 0.15) is 5.78 Å². The van der Waals surface area contributed by atoms with E-state index in [1.165, 1.54) is 12.1 Å². The Morgan fingerprint density at radius 2 is 1.89 bits per heavy atom. The van der Waals surface area contributed by atoms with Crippen LogP contribution in [0.1, 0.15) is 31.4 Å². The summed E-state index contributed by atoms with van der Waals surface area (Å²) in [5, 5.41) is 0. The summed E-state index contributed by atoms with van der Waals surface area (Å²) in [7, 11) is 0. The summed E-state index contributed by atoms with van der Waals surface area (Å²) >= 11 is 0. The summed E-state index contributed by atoms with van der Waals surface area (Å²) in [6.45, 7) is 3.41. The van der Waals surface area contributed by atoms with Crippen molar-refractivity contribution in [2.75, 3.05) is 0 Å². The van der Waals surface area contributed by atoms with Gasteiger partial charge in [-0.2, -0.15) is 13.2 Å². The van der Waals surface area contributed by atoms with Gasteiger partial charge in [0.05, 0.1) is 5.56 Å². The number of halogens is 3. The van der Waals surface area contributed by atoms with Gasteiger partial charge in [-0.3, -0.25) is 4.79 Å². The Hall–Kier alpha value is -1.36. The van der Waals surface area contributed by atoms with E-state index in [9.17, 15) is 18.0 Å². The average Bonchev–Trinajstić information content (AvgIpc) is 2.13. The standard InChI is InChI=1S/C13H16F3NO/c1-12(2,17)8-11(18)7-9-4-3-5-10(6-9)13(14,15)16/h3-6H,7-8,17H2,1-2H3. The summed E-state index contributed by atoms with van der Waals surface area (Å²) in [5.41, 5.74) is 4.67. The van der Waals surface area contributed by atoms with Crippen molar-refractivity contribution in [3.05, 3.63) is 35.4 Å². The number of carbonyl (C=O) groups excluding carboxylic acids is 1. The number of Topliss-reactive ketones (excluding diaryl/α,β-unsaturated/α-hetero) is 1. The first-order chi connectivity index (χ1) is 8.08. The van der Waals surface area contributed by atoms with Crippen LogP contribution in [0.25, 0.3) is 0 Å². The summed E-state index contributed by atoms with van der Waals surface area (Å²) in [6, 6.07) is 4.80. The molecular formula is C13H16F3NO. The van der Waals surface area contributed by atoms with E-state index in [0.717, 1.165) is 12.1 Å². The minimum Gasteiger partial charge on any atom is -0.325 e. The molecule has 1 rings (SSSR count). The Morgan fingerprint density at radius 1 is 1.28 bits per heavy atom. The summed E-state index contributed by atoms with van der Waals surface area (Å²) < 4.78 is 37.4. The predicted octanol–water partition coefficient (Wildman–Crippen LogP) is 2.94. The van der Waals surface area contributed by atoms with Crippen LogP contribution >= 0.6 is 0 Å². The Balaban J connectivity index is 2.77. The number of hydrogen-bond acceptors (Lipinski definition) is 2. The summed E-state index contributed by atoms with van der Waals surface area (Å²) in [4.78, 5) is 11.6. The number of nitrogens with two attached hydrogens (primary N) is 1. The zero-order valence-electron chi connectivity index (χ0n) is 10.3. The largest absolute Gasteiger partial charge is 0.416 e. The Bertz CT molecular complexity index is 433. The Labute approximate surface area is 104 Å². The van der Waals surface area contributed by atoms with Gasteiger partial charge in [0.25, 0.3) is 0 Å². The van der Waals surface area contributed by atoms with Gasteiger partial charge in [-0.1, -0.05) is 18.2 Å². The Morgan fingerprint density at radius 3 is 2.39 bits per heavy atom. The van der Waals surface area contributed by atoms with Crippen LogP contribution in [0.4, 0.5) is 13.2 Å². The maximum atomic E-state index is 12.5. The highest BCUT2D eigenvalue weighted by Crippen LogP contribution is 2.29. The van der Waals surface area contributed by atoms with E-state index in [2.05, 4.69) is 0 Å². The number of carbonyl (C=O) groups is 1. The molecular weight excluding hydrogens is 243 g/mol. The second kappa shape index (κ2) is 5.10. The van der Waals surface area contributed by atoms with Crippen molar-refractivity contribution in [3.8, 4) is 0 Å².